The van der Waals surface area contributed by atoms with Crippen molar-refractivity contribution in [2.45, 2.75) is 38.3 Å². The topological polar surface area (TPSA) is 52.6 Å². The first kappa shape index (κ1) is 14.8. The van der Waals surface area contributed by atoms with Gasteiger partial charge in [0.05, 0.1) is 12.1 Å². The normalized spacial score (nSPS) is 18.5. The second-order valence-electron chi connectivity index (χ2n) is 5.44. The Morgan fingerprint density at radius 2 is 2.35 bits per heavy atom. The summed E-state index contributed by atoms with van der Waals surface area (Å²) >= 11 is 0. The molecule has 2 unspecified atom stereocenters. The number of aliphatic hydroxyl groups is 1. The summed E-state index contributed by atoms with van der Waals surface area (Å²) in [5, 5.41) is 12.2. The van der Waals surface area contributed by atoms with Gasteiger partial charge in [0.25, 0.3) is 0 Å². The lowest BCUT2D eigenvalue weighted by Gasteiger charge is -2.22. The number of urea groups is 1. The number of nitrogens with zero attached hydrogens (tertiary/aromatic N) is 1. The molecule has 0 fully saturated rings. The van der Waals surface area contributed by atoms with Gasteiger partial charge in [-0.05, 0) is 49.4 Å². The number of amides is 2. The summed E-state index contributed by atoms with van der Waals surface area (Å²) in [5.41, 5.74) is 1.98. The number of benzene rings is 1. The number of nitrogens with one attached hydrogen (secondary N) is 1. The van der Waals surface area contributed by atoms with Gasteiger partial charge in [0.2, 0.25) is 0 Å². The molecule has 0 heterocycles. The molecule has 0 bridgehead atoms. The minimum atomic E-state index is -0.424. The molecule has 0 saturated heterocycles. The van der Waals surface area contributed by atoms with Crippen LogP contribution in [0, 0.1) is 5.82 Å². The fourth-order valence-electron chi connectivity index (χ4n) is 2.46. The lowest BCUT2D eigenvalue weighted by atomic mass is 10.1. The van der Waals surface area contributed by atoms with Crippen molar-refractivity contribution in [2.24, 2.45) is 0 Å². The van der Waals surface area contributed by atoms with Crippen LogP contribution in [0.25, 0.3) is 0 Å². The van der Waals surface area contributed by atoms with Crippen LogP contribution in [0.3, 0.4) is 0 Å². The molecular weight excluding hydrogens is 259 g/mol. The zero-order valence-electron chi connectivity index (χ0n) is 11.9. The quantitative estimate of drug-likeness (QED) is 0.888. The van der Waals surface area contributed by atoms with Crippen molar-refractivity contribution in [3.05, 3.63) is 35.1 Å². The second kappa shape index (κ2) is 6.22. The van der Waals surface area contributed by atoms with Gasteiger partial charge in [-0.1, -0.05) is 6.07 Å². The van der Waals surface area contributed by atoms with Gasteiger partial charge in [0, 0.05) is 13.6 Å². The largest absolute Gasteiger partial charge is 0.393 e. The van der Waals surface area contributed by atoms with E-state index in [0.29, 0.717) is 13.0 Å². The number of hydrogen-bond acceptors (Lipinski definition) is 2. The lowest BCUT2D eigenvalue weighted by molar-refractivity contribution is 0.162. The van der Waals surface area contributed by atoms with Gasteiger partial charge in [-0.3, -0.25) is 0 Å². The Balaban J connectivity index is 1.95. The van der Waals surface area contributed by atoms with Crippen molar-refractivity contribution in [3.8, 4) is 0 Å². The Bertz CT molecular complexity index is 491. The third-order valence-electron chi connectivity index (χ3n) is 3.71. The Morgan fingerprint density at radius 1 is 1.60 bits per heavy atom. The zero-order chi connectivity index (χ0) is 14.7. The molecule has 2 amide bonds. The SMILES string of the molecule is CC(O)CCN(C)C(=O)NC1CCc2ccc(F)cc21. The Hall–Kier alpha value is -1.62. The average molecular weight is 280 g/mol. The molecule has 1 aliphatic carbocycles. The van der Waals surface area contributed by atoms with Crippen LogP contribution in [-0.2, 0) is 6.42 Å². The van der Waals surface area contributed by atoms with Crippen molar-refractivity contribution in [3.63, 3.8) is 0 Å². The number of fused-ring (bicyclic) bond motifs is 1. The van der Waals surface area contributed by atoms with Gasteiger partial charge in [0.1, 0.15) is 5.82 Å². The molecule has 0 aliphatic heterocycles. The molecule has 1 aliphatic rings. The molecule has 0 spiro atoms. The monoisotopic (exact) mass is 280 g/mol. The molecule has 0 aromatic heterocycles. The molecule has 110 valence electrons. The van der Waals surface area contributed by atoms with E-state index in [1.54, 1.807) is 24.9 Å². The summed E-state index contributed by atoms with van der Waals surface area (Å²) in [5.74, 6) is -0.271. The van der Waals surface area contributed by atoms with E-state index >= 15 is 0 Å². The maximum atomic E-state index is 13.3. The third-order valence-corrected chi connectivity index (χ3v) is 3.71. The molecule has 20 heavy (non-hydrogen) atoms. The molecule has 2 rings (SSSR count). The number of rotatable bonds is 4. The Morgan fingerprint density at radius 3 is 3.05 bits per heavy atom. The standard InChI is InChI=1S/C15H21FN2O2/c1-10(19)7-8-18(2)15(20)17-14-6-4-11-3-5-12(16)9-13(11)14/h3,5,9-10,14,19H,4,6-8H2,1-2H3,(H,17,20). The molecule has 1 aromatic carbocycles. The molecule has 0 radical (unpaired) electrons. The van der Waals surface area contributed by atoms with Crippen LogP contribution in [0.2, 0.25) is 0 Å². The van der Waals surface area contributed by atoms with Crippen LogP contribution in [0.15, 0.2) is 18.2 Å². The fraction of sp³-hybridized carbons (Fsp3) is 0.533. The summed E-state index contributed by atoms with van der Waals surface area (Å²) in [6.07, 6.45) is 1.78. The van der Waals surface area contributed by atoms with Crippen LogP contribution < -0.4 is 5.32 Å². The molecule has 0 saturated carbocycles. The third kappa shape index (κ3) is 3.48. The molecule has 5 heteroatoms. The second-order valence-corrected chi connectivity index (χ2v) is 5.44. The molecule has 2 N–H and O–H groups in total. The van der Waals surface area contributed by atoms with Gasteiger partial charge < -0.3 is 15.3 Å². The smallest absolute Gasteiger partial charge is 0.317 e. The van der Waals surface area contributed by atoms with Crippen molar-refractivity contribution in [2.75, 3.05) is 13.6 Å². The van der Waals surface area contributed by atoms with E-state index in [4.69, 9.17) is 0 Å². The van der Waals surface area contributed by atoms with E-state index in [0.717, 1.165) is 24.0 Å². The molecular formula is C15H21FN2O2. The first-order valence-electron chi connectivity index (χ1n) is 6.95. The maximum Gasteiger partial charge on any atom is 0.317 e. The lowest BCUT2D eigenvalue weighted by Crippen LogP contribution is -2.39. The van der Waals surface area contributed by atoms with Gasteiger partial charge >= 0.3 is 6.03 Å². The predicted molar refractivity (Wildman–Crippen MR) is 74.9 cm³/mol. The van der Waals surface area contributed by atoms with E-state index in [-0.39, 0.29) is 17.9 Å². The number of carbonyl (C=O) groups is 1. The average Bonchev–Trinajstić information content (AvgIpc) is 2.78. The molecule has 2 atom stereocenters. The Kier molecular flexibility index (Phi) is 4.60. The first-order chi connectivity index (χ1) is 9.47. The highest BCUT2D eigenvalue weighted by Gasteiger charge is 2.25. The number of hydrogen-bond donors (Lipinski definition) is 2. The van der Waals surface area contributed by atoms with Crippen molar-refractivity contribution in [1.82, 2.24) is 10.2 Å². The number of halogens is 1. The summed E-state index contributed by atoms with van der Waals surface area (Å²) in [6, 6.07) is 4.43. The number of aryl methyl sites for hydroxylation is 1. The van der Waals surface area contributed by atoms with Crippen molar-refractivity contribution in [1.29, 1.82) is 0 Å². The van der Waals surface area contributed by atoms with E-state index in [2.05, 4.69) is 5.32 Å². The van der Waals surface area contributed by atoms with Crippen LogP contribution in [-0.4, -0.2) is 35.7 Å². The van der Waals surface area contributed by atoms with Crippen LogP contribution in [0.1, 0.15) is 36.9 Å². The van der Waals surface area contributed by atoms with Crippen LogP contribution in [0.5, 0.6) is 0 Å². The van der Waals surface area contributed by atoms with Crippen LogP contribution >= 0.6 is 0 Å². The predicted octanol–water partition coefficient (Wildman–Crippen LogP) is 2.23. The van der Waals surface area contributed by atoms with Gasteiger partial charge in [0.15, 0.2) is 0 Å². The highest BCUT2D eigenvalue weighted by atomic mass is 19.1. The highest BCUT2D eigenvalue weighted by molar-refractivity contribution is 5.74. The minimum absolute atomic E-state index is 0.123. The number of aliphatic hydroxyl groups excluding tert-OH is 1. The highest BCUT2D eigenvalue weighted by Crippen LogP contribution is 2.31. The maximum absolute atomic E-state index is 13.3. The fourth-order valence-corrected chi connectivity index (χ4v) is 2.46. The summed E-state index contributed by atoms with van der Waals surface area (Å²) in [4.78, 5) is 13.6. The van der Waals surface area contributed by atoms with E-state index in [1.807, 2.05) is 0 Å². The van der Waals surface area contributed by atoms with E-state index in [1.165, 1.54) is 12.1 Å². The van der Waals surface area contributed by atoms with Gasteiger partial charge in [-0.25, -0.2) is 9.18 Å². The Labute approximate surface area is 118 Å². The molecule has 1 aromatic rings. The van der Waals surface area contributed by atoms with E-state index in [9.17, 15) is 14.3 Å². The summed E-state index contributed by atoms with van der Waals surface area (Å²) in [6.45, 7) is 2.19. The van der Waals surface area contributed by atoms with E-state index < -0.39 is 6.10 Å². The number of carbonyl (C=O) groups excluding carboxylic acids is 1. The van der Waals surface area contributed by atoms with Crippen LogP contribution in [0.4, 0.5) is 9.18 Å². The summed E-state index contributed by atoms with van der Waals surface area (Å²) in [7, 11) is 1.69. The van der Waals surface area contributed by atoms with Crippen molar-refractivity contribution >= 4 is 6.03 Å². The zero-order valence-corrected chi connectivity index (χ0v) is 11.9. The van der Waals surface area contributed by atoms with Gasteiger partial charge in [-0.15, -0.1) is 0 Å². The summed E-state index contributed by atoms with van der Waals surface area (Å²) < 4.78 is 13.3. The van der Waals surface area contributed by atoms with Gasteiger partial charge in [-0.2, -0.15) is 0 Å². The minimum Gasteiger partial charge on any atom is -0.393 e. The van der Waals surface area contributed by atoms with Crippen molar-refractivity contribution < 1.29 is 14.3 Å². The molecule has 4 nitrogen and oxygen atoms in total. The first-order valence-corrected chi connectivity index (χ1v) is 6.95.